The van der Waals surface area contributed by atoms with Crippen LogP contribution in [0.25, 0.3) is 0 Å². The molecule has 2 atom stereocenters. The SMILES string of the molecule is COCC(C)(CO)C1(O)COC(C)(C)C1. The average Bonchev–Trinajstić information content (AvgIpc) is 2.42. The van der Waals surface area contributed by atoms with E-state index in [-0.39, 0.29) is 18.8 Å². The van der Waals surface area contributed by atoms with E-state index < -0.39 is 11.0 Å². The first kappa shape index (κ1) is 12.9. The second kappa shape index (κ2) is 4.01. The van der Waals surface area contributed by atoms with Crippen LogP contribution in [-0.4, -0.2) is 48.3 Å². The number of methoxy groups -OCH3 is 1. The standard InChI is InChI=1S/C11H22O4/c1-9(2)5-11(13,8-15-9)10(3,6-12)7-14-4/h12-13H,5-8H2,1-4H3. The van der Waals surface area contributed by atoms with Crippen molar-refractivity contribution in [1.29, 1.82) is 0 Å². The van der Waals surface area contributed by atoms with Crippen molar-refractivity contribution in [2.45, 2.75) is 38.4 Å². The molecule has 0 aromatic carbocycles. The summed E-state index contributed by atoms with van der Waals surface area (Å²) in [5, 5.41) is 19.9. The highest BCUT2D eigenvalue weighted by atomic mass is 16.5. The van der Waals surface area contributed by atoms with E-state index >= 15 is 0 Å². The van der Waals surface area contributed by atoms with Gasteiger partial charge in [0.1, 0.15) is 5.60 Å². The number of aliphatic hydroxyl groups excluding tert-OH is 1. The van der Waals surface area contributed by atoms with Crippen molar-refractivity contribution in [2.75, 3.05) is 26.9 Å². The maximum Gasteiger partial charge on any atom is 0.100 e. The van der Waals surface area contributed by atoms with E-state index in [4.69, 9.17) is 9.47 Å². The minimum atomic E-state index is -1.01. The third kappa shape index (κ3) is 2.33. The van der Waals surface area contributed by atoms with Crippen molar-refractivity contribution in [3.63, 3.8) is 0 Å². The maximum atomic E-state index is 10.5. The molecule has 1 rings (SSSR count). The van der Waals surface area contributed by atoms with Gasteiger partial charge in [-0.15, -0.1) is 0 Å². The Morgan fingerprint density at radius 2 is 2.07 bits per heavy atom. The van der Waals surface area contributed by atoms with Crippen LogP contribution < -0.4 is 0 Å². The lowest BCUT2D eigenvalue weighted by Gasteiger charge is -2.40. The van der Waals surface area contributed by atoms with Gasteiger partial charge in [0.25, 0.3) is 0 Å². The van der Waals surface area contributed by atoms with Crippen LogP contribution in [0.15, 0.2) is 0 Å². The Balaban J connectivity index is 2.85. The van der Waals surface area contributed by atoms with Gasteiger partial charge in [0.15, 0.2) is 0 Å². The summed E-state index contributed by atoms with van der Waals surface area (Å²) in [4.78, 5) is 0. The maximum absolute atomic E-state index is 10.5. The van der Waals surface area contributed by atoms with Crippen molar-refractivity contribution >= 4 is 0 Å². The van der Waals surface area contributed by atoms with Gasteiger partial charge in [-0.2, -0.15) is 0 Å². The molecule has 1 heterocycles. The minimum absolute atomic E-state index is 0.114. The van der Waals surface area contributed by atoms with Gasteiger partial charge >= 0.3 is 0 Å². The van der Waals surface area contributed by atoms with Crippen LogP contribution in [0.1, 0.15) is 27.2 Å². The number of hydrogen-bond donors (Lipinski definition) is 2. The monoisotopic (exact) mass is 218 g/mol. The fourth-order valence-electron chi connectivity index (χ4n) is 2.15. The highest BCUT2D eigenvalue weighted by Gasteiger charge is 2.54. The molecule has 0 amide bonds. The van der Waals surface area contributed by atoms with Crippen molar-refractivity contribution < 1.29 is 19.7 Å². The smallest absolute Gasteiger partial charge is 0.100 e. The predicted octanol–water partition coefficient (Wildman–Crippen LogP) is 0.561. The number of ether oxygens (including phenoxy) is 2. The molecule has 90 valence electrons. The minimum Gasteiger partial charge on any atom is -0.396 e. The zero-order chi connectivity index (χ0) is 11.7. The quantitative estimate of drug-likeness (QED) is 0.724. The molecule has 2 unspecified atom stereocenters. The van der Waals surface area contributed by atoms with Gasteiger partial charge in [0.2, 0.25) is 0 Å². The van der Waals surface area contributed by atoms with Gasteiger partial charge in [-0.1, -0.05) is 6.92 Å². The molecule has 15 heavy (non-hydrogen) atoms. The Labute approximate surface area is 91.2 Å². The molecular weight excluding hydrogens is 196 g/mol. The van der Waals surface area contributed by atoms with Crippen molar-refractivity contribution in [2.24, 2.45) is 5.41 Å². The van der Waals surface area contributed by atoms with E-state index in [2.05, 4.69) is 0 Å². The van der Waals surface area contributed by atoms with Crippen LogP contribution in [0.2, 0.25) is 0 Å². The summed E-state index contributed by atoms with van der Waals surface area (Å²) in [6, 6.07) is 0. The summed E-state index contributed by atoms with van der Waals surface area (Å²) in [5.41, 5.74) is -2.02. The third-order valence-corrected chi connectivity index (χ3v) is 3.36. The second-order valence-corrected chi connectivity index (χ2v) is 5.41. The molecular formula is C11H22O4. The molecule has 4 heteroatoms. The van der Waals surface area contributed by atoms with E-state index in [0.29, 0.717) is 13.0 Å². The van der Waals surface area contributed by atoms with Gasteiger partial charge in [-0.3, -0.25) is 0 Å². The van der Waals surface area contributed by atoms with Crippen molar-refractivity contribution in [3.8, 4) is 0 Å². The van der Waals surface area contributed by atoms with Gasteiger partial charge in [-0.25, -0.2) is 0 Å². The normalized spacial score (nSPS) is 34.0. The van der Waals surface area contributed by atoms with Crippen LogP contribution >= 0.6 is 0 Å². The van der Waals surface area contributed by atoms with E-state index in [9.17, 15) is 10.2 Å². The van der Waals surface area contributed by atoms with Gasteiger partial charge in [0.05, 0.1) is 25.4 Å². The molecule has 4 nitrogen and oxygen atoms in total. The molecule has 1 aliphatic rings. The molecule has 1 fully saturated rings. The van der Waals surface area contributed by atoms with Crippen LogP contribution in [0.5, 0.6) is 0 Å². The Kier molecular flexibility index (Phi) is 3.45. The third-order valence-electron chi connectivity index (χ3n) is 3.36. The number of rotatable bonds is 4. The zero-order valence-electron chi connectivity index (χ0n) is 10.0. The first-order valence-corrected chi connectivity index (χ1v) is 5.25. The Bertz CT molecular complexity index is 229. The highest BCUT2D eigenvalue weighted by Crippen LogP contribution is 2.43. The highest BCUT2D eigenvalue weighted by molar-refractivity contribution is 5.03. The fourth-order valence-corrected chi connectivity index (χ4v) is 2.15. The first-order valence-electron chi connectivity index (χ1n) is 5.25. The molecule has 0 aliphatic carbocycles. The fraction of sp³-hybridized carbons (Fsp3) is 1.00. The molecule has 2 N–H and O–H groups in total. The second-order valence-electron chi connectivity index (χ2n) is 5.41. The molecule has 0 saturated carbocycles. The predicted molar refractivity (Wildman–Crippen MR) is 56.7 cm³/mol. The van der Waals surface area contributed by atoms with E-state index in [1.165, 1.54) is 0 Å². The van der Waals surface area contributed by atoms with Gasteiger partial charge in [0, 0.05) is 18.9 Å². The van der Waals surface area contributed by atoms with Crippen LogP contribution in [-0.2, 0) is 9.47 Å². The molecule has 0 radical (unpaired) electrons. The Morgan fingerprint density at radius 1 is 1.47 bits per heavy atom. The van der Waals surface area contributed by atoms with Crippen LogP contribution in [0.3, 0.4) is 0 Å². The van der Waals surface area contributed by atoms with Crippen LogP contribution in [0.4, 0.5) is 0 Å². The van der Waals surface area contributed by atoms with E-state index in [1.54, 1.807) is 7.11 Å². The lowest BCUT2D eigenvalue weighted by Crippen LogP contribution is -2.52. The number of hydrogen-bond acceptors (Lipinski definition) is 4. The average molecular weight is 218 g/mol. The Hall–Kier alpha value is -0.160. The van der Waals surface area contributed by atoms with E-state index in [1.807, 2.05) is 20.8 Å². The molecule has 1 aliphatic heterocycles. The Morgan fingerprint density at radius 3 is 2.40 bits per heavy atom. The summed E-state index contributed by atoms with van der Waals surface area (Å²) in [6.07, 6.45) is 0.514. The largest absolute Gasteiger partial charge is 0.396 e. The summed E-state index contributed by atoms with van der Waals surface area (Å²) in [7, 11) is 1.57. The van der Waals surface area contributed by atoms with Gasteiger partial charge in [-0.05, 0) is 13.8 Å². The summed E-state index contributed by atoms with van der Waals surface area (Å²) >= 11 is 0. The molecule has 0 bridgehead atoms. The lowest BCUT2D eigenvalue weighted by atomic mass is 9.71. The van der Waals surface area contributed by atoms with Crippen LogP contribution in [0, 0.1) is 5.41 Å². The zero-order valence-corrected chi connectivity index (χ0v) is 10.0. The molecule has 0 aromatic rings. The topological polar surface area (TPSA) is 58.9 Å². The van der Waals surface area contributed by atoms with Gasteiger partial charge < -0.3 is 19.7 Å². The molecule has 0 spiro atoms. The van der Waals surface area contributed by atoms with Crippen molar-refractivity contribution in [3.05, 3.63) is 0 Å². The van der Waals surface area contributed by atoms with E-state index in [0.717, 1.165) is 0 Å². The molecule has 1 saturated heterocycles. The van der Waals surface area contributed by atoms with Crippen molar-refractivity contribution in [1.82, 2.24) is 0 Å². The summed E-state index contributed by atoms with van der Waals surface area (Å²) in [5.74, 6) is 0. The number of aliphatic hydroxyl groups is 2. The first-order chi connectivity index (χ1) is 6.79. The lowest BCUT2D eigenvalue weighted by molar-refractivity contribution is -0.128. The molecule has 0 aromatic heterocycles. The summed E-state index contributed by atoms with van der Waals surface area (Å²) in [6.45, 7) is 6.16. The summed E-state index contributed by atoms with van der Waals surface area (Å²) < 4.78 is 10.6.